The Morgan fingerprint density at radius 3 is 1.17 bits per heavy atom. The molecule has 0 amide bonds. The molecule has 0 saturated heterocycles. The molecule has 0 bridgehead atoms. The fraction of sp³-hybridized carbons (Fsp3) is 0. The first-order valence-electron chi connectivity index (χ1n) is 0. The van der Waals surface area contributed by atoms with Crippen molar-refractivity contribution in [2.24, 2.45) is 0 Å². The minimum atomic E-state index is 0. The van der Waals surface area contributed by atoms with Gasteiger partial charge in [0.15, 0.2) is 34.7 Å². The van der Waals surface area contributed by atoms with Crippen LogP contribution in [0.4, 0.5) is 0 Å². The molecule has 0 saturated carbocycles. The summed E-state index contributed by atoms with van der Waals surface area (Å²) in [7, 11) is 0. The first-order chi connectivity index (χ1) is 0. The van der Waals surface area contributed by atoms with Crippen molar-refractivity contribution >= 4 is 87.2 Å². The Hall–Kier alpha value is 3.20. The number of rotatable bonds is 0. The van der Waals surface area contributed by atoms with Gasteiger partial charge in [0.1, 0.15) is 0 Å². The largest absolute Gasteiger partial charge is 2.00 e. The van der Waals surface area contributed by atoms with E-state index in [0.29, 0.717) is 0 Å². The van der Waals surface area contributed by atoms with Crippen molar-refractivity contribution in [2.45, 2.75) is 0 Å². The van der Waals surface area contributed by atoms with Crippen LogP contribution < -0.4 is 18.9 Å². The zero-order valence-electron chi connectivity index (χ0n) is 5.52. The SMILES string of the molecule is Br.Cl.[AlH3].[AlH3].[H-].[H-].[H-].[HH].[Li+].[Mg+2]. The van der Waals surface area contributed by atoms with Gasteiger partial charge < -0.3 is 4.28 Å². The van der Waals surface area contributed by atoms with E-state index in [1.807, 2.05) is 0 Å². The summed E-state index contributed by atoms with van der Waals surface area (Å²) in [5, 5.41) is 0. The number of hydrogen-bond acceptors (Lipinski definition) is 0. The van der Waals surface area contributed by atoms with Gasteiger partial charge in [-0.05, 0) is 0 Å². The molecule has 0 atom stereocenters. The second-order valence-electron chi connectivity index (χ2n) is 0. The molecule has 6 heavy (non-hydrogen) atoms. The van der Waals surface area contributed by atoms with E-state index in [0.717, 1.165) is 0 Å². The minimum Gasteiger partial charge on any atom is -1.00 e. The summed E-state index contributed by atoms with van der Waals surface area (Å²) < 4.78 is 0. The van der Waals surface area contributed by atoms with Crippen molar-refractivity contribution in [1.29, 1.82) is 0 Å². The first-order valence-corrected chi connectivity index (χ1v) is 0. The molecule has 0 heterocycles. The summed E-state index contributed by atoms with van der Waals surface area (Å²) in [6.45, 7) is 0. The van der Waals surface area contributed by atoms with E-state index < -0.39 is 0 Å². The maximum absolute atomic E-state index is 0. The van der Waals surface area contributed by atoms with Crippen molar-refractivity contribution in [2.75, 3.05) is 0 Å². The average Bonchev–Trinajstić information content (AvgIpc) is 0. The molecule has 0 aromatic carbocycles. The first kappa shape index (κ1) is 60.4. The quantitative estimate of drug-likeness (QED) is 0.359. The molecule has 0 fully saturated rings. The van der Waals surface area contributed by atoms with Crippen LogP contribution in [-0.2, 0) is 0 Å². The molecule has 0 aromatic heterocycles. The number of halogens is 2. The average molecular weight is 214 g/mol. The van der Waals surface area contributed by atoms with Crippen LogP contribution in [0.25, 0.3) is 0 Å². The third-order valence-corrected chi connectivity index (χ3v) is 0. The van der Waals surface area contributed by atoms with Crippen molar-refractivity contribution in [3.63, 3.8) is 0 Å². The van der Waals surface area contributed by atoms with E-state index in [1.54, 1.807) is 0 Å². The van der Waals surface area contributed by atoms with E-state index >= 15 is 0 Å². The Morgan fingerprint density at radius 2 is 1.17 bits per heavy atom. The molecule has 0 aliphatic heterocycles. The summed E-state index contributed by atoms with van der Waals surface area (Å²) in [5.41, 5.74) is 0. The Bertz CT molecular complexity index is 23.2. The standard InChI is InChI=1S/2Al.BrH.ClH.Li.Mg.H2.9H/h;;2*1H;;;1H;;;;;;;;;/q;;;;+1;+2;;;;;;;;3*-1. The van der Waals surface area contributed by atoms with Crippen molar-refractivity contribution in [3.05, 3.63) is 0 Å². The van der Waals surface area contributed by atoms with Crippen LogP contribution in [0.2, 0.25) is 0 Å². The van der Waals surface area contributed by atoms with Crippen LogP contribution in [0, 0.1) is 0 Å². The molecule has 36 valence electrons. The second kappa shape index (κ2) is 41.5. The topological polar surface area (TPSA) is 0 Å². The van der Waals surface area contributed by atoms with Gasteiger partial charge in [-0.3, -0.25) is 0 Å². The normalized spacial score (nSPS) is 0. The minimum absolute atomic E-state index is 0. The predicted molar refractivity (Wildman–Crippen MR) is 48.7 cm³/mol. The van der Waals surface area contributed by atoms with E-state index in [2.05, 4.69) is 0 Å². The van der Waals surface area contributed by atoms with Gasteiger partial charge >= 0.3 is 41.9 Å². The van der Waals surface area contributed by atoms with E-state index in [1.165, 1.54) is 0 Å². The Kier molecular flexibility index (Phi) is 418. The maximum atomic E-state index is 0. The molecule has 0 aliphatic carbocycles. The predicted octanol–water partition coefficient (Wildman–Crippen LogP) is -4.16. The van der Waals surface area contributed by atoms with Gasteiger partial charge in [-0.25, -0.2) is 0 Å². The van der Waals surface area contributed by atoms with Crippen LogP contribution >= 0.6 is 29.4 Å². The van der Waals surface area contributed by atoms with Gasteiger partial charge in [-0.1, -0.05) is 0 Å². The van der Waals surface area contributed by atoms with Gasteiger partial charge in [-0.15, -0.1) is 29.4 Å². The molecule has 0 aromatic rings. The van der Waals surface area contributed by atoms with Crippen LogP contribution in [0.3, 0.4) is 0 Å². The molecule has 0 nitrogen and oxygen atoms in total. The molecule has 0 spiro atoms. The second-order valence-corrected chi connectivity index (χ2v) is 0. The van der Waals surface area contributed by atoms with Gasteiger partial charge in [-0.2, -0.15) is 0 Å². The smallest absolute Gasteiger partial charge is 1.00 e. The molecule has 0 N–H and O–H groups in total. The van der Waals surface area contributed by atoms with E-state index in [-0.39, 0.29) is 112 Å². The van der Waals surface area contributed by atoms with Crippen LogP contribution in [0.5, 0.6) is 0 Å². The van der Waals surface area contributed by atoms with Crippen LogP contribution in [0.15, 0.2) is 0 Å². The Balaban J connectivity index is 0. The fourth-order valence-electron chi connectivity index (χ4n) is 0. The van der Waals surface area contributed by atoms with Gasteiger partial charge in [0.05, 0.1) is 0 Å². The summed E-state index contributed by atoms with van der Waals surface area (Å²) in [5.74, 6) is 0. The molecule has 0 unspecified atom stereocenters. The summed E-state index contributed by atoms with van der Waals surface area (Å²) in [6, 6.07) is 0. The zero-order valence-corrected chi connectivity index (χ0v) is 6.47. The van der Waals surface area contributed by atoms with Gasteiger partial charge in [0.2, 0.25) is 0 Å². The maximum Gasteiger partial charge on any atom is 2.00 e. The third kappa shape index (κ3) is 27.0. The zero-order chi connectivity index (χ0) is 0. The fourth-order valence-corrected chi connectivity index (χ4v) is 0. The molecule has 0 radical (unpaired) electrons. The van der Waals surface area contributed by atoms with Crippen LogP contribution in [0.1, 0.15) is 5.71 Å². The summed E-state index contributed by atoms with van der Waals surface area (Å²) in [4.78, 5) is 0. The van der Waals surface area contributed by atoms with Crippen molar-refractivity contribution in [3.8, 4) is 0 Å². The molecule has 0 rings (SSSR count). The van der Waals surface area contributed by atoms with E-state index in [4.69, 9.17) is 0 Å². The molecular formula is H13Al2BrClLiMg. The summed E-state index contributed by atoms with van der Waals surface area (Å²) >= 11 is 0. The molecule has 0 aliphatic rings. The van der Waals surface area contributed by atoms with Crippen molar-refractivity contribution in [1.82, 2.24) is 0 Å². The Labute approximate surface area is 110 Å². The van der Waals surface area contributed by atoms with Crippen LogP contribution in [-0.4, -0.2) is 57.8 Å². The monoisotopic (exact) mass is 212 g/mol. The Morgan fingerprint density at radius 1 is 1.17 bits per heavy atom. The molecule has 6 heteroatoms. The van der Waals surface area contributed by atoms with E-state index in [9.17, 15) is 0 Å². The van der Waals surface area contributed by atoms with Gasteiger partial charge in [0, 0.05) is 1.43 Å². The third-order valence-electron chi connectivity index (χ3n) is 0. The van der Waals surface area contributed by atoms with Gasteiger partial charge in [0.25, 0.3) is 0 Å². The molecular weight excluding hydrogens is 201 g/mol. The number of hydrogen-bond donors (Lipinski definition) is 0. The summed E-state index contributed by atoms with van der Waals surface area (Å²) in [6.07, 6.45) is 0. The van der Waals surface area contributed by atoms with Crippen molar-refractivity contribution < 1.29 is 24.6 Å².